The highest BCUT2D eigenvalue weighted by molar-refractivity contribution is 9.08. The maximum Gasteiger partial charge on any atom is 0.354 e. The number of aromatic carboxylic acids is 1. The van der Waals surface area contributed by atoms with Crippen LogP contribution in [-0.4, -0.2) is 16.1 Å². The largest absolute Gasteiger partial charge is 0.477 e. The Morgan fingerprint density at radius 1 is 1.67 bits per heavy atom. The minimum atomic E-state index is -2.77. The molecule has 15 heavy (non-hydrogen) atoms. The van der Waals surface area contributed by atoms with Crippen molar-refractivity contribution < 1.29 is 18.7 Å². The molecule has 0 bridgehead atoms. The maximum atomic E-state index is 12.5. The Kier molecular flexibility index (Phi) is 3.57. The number of halogens is 3. The number of alkyl halides is 3. The van der Waals surface area contributed by atoms with E-state index >= 15 is 0 Å². The lowest BCUT2D eigenvalue weighted by Gasteiger charge is -2.09. The molecule has 0 atom stereocenters. The summed E-state index contributed by atoms with van der Waals surface area (Å²) in [5, 5.41) is 8.66. The molecule has 0 radical (unpaired) electrons. The number of hydrogen-bond acceptors (Lipinski definition) is 3. The standard InChI is InChI=1S/C8H7BrF2N2O2/c9-2-5-6(7(10)11)3(12)1-4(13-5)8(14)15/h1,7H,2H2,(H2,12,13)(H,14,15). The van der Waals surface area contributed by atoms with Crippen LogP contribution in [0.15, 0.2) is 6.07 Å². The first kappa shape index (κ1) is 11.8. The summed E-state index contributed by atoms with van der Waals surface area (Å²) in [5.41, 5.74) is 4.26. The first-order valence-corrected chi connectivity index (χ1v) is 4.96. The van der Waals surface area contributed by atoms with Crippen molar-refractivity contribution in [3.63, 3.8) is 0 Å². The molecule has 0 aromatic carbocycles. The van der Waals surface area contributed by atoms with Gasteiger partial charge in [0, 0.05) is 11.0 Å². The molecule has 7 heteroatoms. The first-order valence-electron chi connectivity index (χ1n) is 3.84. The molecule has 0 amide bonds. The SMILES string of the molecule is Nc1cc(C(=O)O)nc(CBr)c1C(F)F. The second-order valence-electron chi connectivity index (χ2n) is 2.70. The third kappa shape index (κ3) is 2.41. The number of anilines is 1. The van der Waals surface area contributed by atoms with Gasteiger partial charge in [-0.3, -0.25) is 0 Å². The van der Waals surface area contributed by atoms with E-state index in [1.807, 2.05) is 0 Å². The number of carboxylic acid groups (broad SMARTS) is 1. The zero-order valence-electron chi connectivity index (χ0n) is 7.38. The van der Waals surface area contributed by atoms with Gasteiger partial charge in [-0.25, -0.2) is 18.6 Å². The molecule has 0 spiro atoms. The summed E-state index contributed by atoms with van der Waals surface area (Å²) in [6.45, 7) is 0. The molecule has 0 saturated carbocycles. The van der Waals surface area contributed by atoms with Crippen LogP contribution in [0.4, 0.5) is 14.5 Å². The van der Waals surface area contributed by atoms with Gasteiger partial charge < -0.3 is 10.8 Å². The molecule has 1 aromatic rings. The lowest BCUT2D eigenvalue weighted by molar-refractivity contribution is 0.0689. The Bertz CT molecular complexity index is 398. The van der Waals surface area contributed by atoms with Gasteiger partial charge in [-0.15, -0.1) is 0 Å². The normalized spacial score (nSPS) is 10.7. The van der Waals surface area contributed by atoms with Crippen molar-refractivity contribution in [3.8, 4) is 0 Å². The molecule has 0 saturated heterocycles. The third-order valence-electron chi connectivity index (χ3n) is 1.73. The Morgan fingerprint density at radius 2 is 2.27 bits per heavy atom. The fourth-order valence-electron chi connectivity index (χ4n) is 1.09. The zero-order valence-corrected chi connectivity index (χ0v) is 8.96. The molecular weight excluding hydrogens is 274 g/mol. The van der Waals surface area contributed by atoms with Gasteiger partial charge in [0.1, 0.15) is 0 Å². The van der Waals surface area contributed by atoms with Crippen LogP contribution in [0.3, 0.4) is 0 Å². The number of nitrogen functional groups attached to an aromatic ring is 1. The van der Waals surface area contributed by atoms with Crippen molar-refractivity contribution in [2.75, 3.05) is 5.73 Å². The van der Waals surface area contributed by atoms with Gasteiger partial charge in [0.2, 0.25) is 0 Å². The van der Waals surface area contributed by atoms with Gasteiger partial charge in [0.25, 0.3) is 6.43 Å². The van der Waals surface area contributed by atoms with Gasteiger partial charge in [-0.1, -0.05) is 15.9 Å². The van der Waals surface area contributed by atoms with Crippen LogP contribution in [0, 0.1) is 0 Å². The van der Waals surface area contributed by atoms with Gasteiger partial charge >= 0.3 is 5.97 Å². The van der Waals surface area contributed by atoms with E-state index in [-0.39, 0.29) is 22.4 Å². The summed E-state index contributed by atoms with van der Waals surface area (Å²) in [6.07, 6.45) is -2.77. The van der Waals surface area contributed by atoms with Crippen molar-refractivity contribution in [2.45, 2.75) is 11.8 Å². The van der Waals surface area contributed by atoms with E-state index in [1.54, 1.807) is 0 Å². The topological polar surface area (TPSA) is 76.2 Å². The second kappa shape index (κ2) is 4.52. The molecule has 0 aliphatic rings. The van der Waals surface area contributed by atoms with Crippen molar-refractivity contribution in [1.82, 2.24) is 4.98 Å². The van der Waals surface area contributed by atoms with Crippen LogP contribution < -0.4 is 5.73 Å². The molecule has 0 unspecified atom stereocenters. The number of nitrogens with zero attached hydrogens (tertiary/aromatic N) is 1. The van der Waals surface area contributed by atoms with E-state index in [4.69, 9.17) is 10.8 Å². The molecule has 0 fully saturated rings. The Balaban J connectivity index is 3.37. The van der Waals surface area contributed by atoms with Crippen molar-refractivity contribution >= 4 is 27.6 Å². The average Bonchev–Trinajstić information content (AvgIpc) is 2.15. The maximum absolute atomic E-state index is 12.5. The summed E-state index contributed by atoms with van der Waals surface area (Å²) in [5.74, 6) is -1.30. The zero-order chi connectivity index (χ0) is 11.6. The fourth-order valence-corrected chi connectivity index (χ4v) is 1.52. The van der Waals surface area contributed by atoms with Crippen molar-refractivity contribution in [3.05, 3.63) is 23.0 Å². The van der Waals surface area contributed by atoms with Gasteiger partial charge in [0.15, 0.2) is 5.69 Å². The molecule has 1 aromatic heterocycles. The quantitative estimate of drug-likeness (QED) is 0.833. The van der Waals surface area contributed by atoms with Crippen molar-refractivity contribution in [2.24, 2.45) is 0 Å². The highest BCUT2D eigenvalue weighted by Crippen LogP contribution is 2.29. The Morgan fingerprint density at radius 3 is 2.67 bits per heavy atom. The number of hydrogen-bond donors (Lipinski definition) is 2. The highest BCUT2D eigenvalue weighted by atomic mass is 79.9. The van der Waals surface area contributed by atoms with Crippen LogP contribution in [0.5, 0.6) is 0 Å². The number of pyridine rings is 1. The first-order chi connectivity index (χ1) is 6.97. The number of carboxylic acids is 1. The fraction of sp³-hybridized carbons (Fsp3) is 0.250. The molecule has 4 nitrogen and oxygen atoms in total. The van der Waals surface area contributed by atoms with E-state index in [0.717, 1.165) is 6.07 Å². The summed E-state index contributed by atoms with van der Waals surface area (Å²) in [6, 6.07) is 0.927. The van der Waals surface area contributed by atoms with Crippen LogP contribution in [0.2, 0.25) is 0 Å². The van der Waals surface area contributed by atoms with E-state index in [2.05, 4.69) is 20.9 Å². The molecule has 0 aliphatic carbocycles. The minimum Gasteiger partial charge on any atom is -0.477 e. The molecule has 82 valence electrons. The van der Waals surface area contributed by atoms with Crippen LogP contribution in [-0.2, 0) is 5.33 Å². The van der Waals surface area contributed by atoms with E-state index in [9.17, 15) is 13.6 Å². The number of aromatic nitrogens is 1. The predicted molar refractivity (Wildman–Crippen MR) is 53.2 cm³/mol. The van der Waals surface area contributed by atoms with Crippen molar-refractivity contribution in [1.29, 1.82) is 0 Å². The molecule has 0 aliphatic heterocycles. The van der Waals surface area contributed by atoms with Crippen LogP contribution in [0.1, 0.15) is 28.2 Å². The van der Waals surface area contributed by atoms with Crippen LogP contribution >= 0.6 is 15.9 Å². The predicted octanol–water partition coefficient (Wildman–Crippen LogP) is 2.19. The summed E-state index contributed by atoms with van der Waals surface area (Å²) >= 11 is 2.95. The summed E-state index contributed by atoms with van der Waals surface area (Å²) in [7, 11) is 0. The lowest BCUT2D eigenvalue weighted by atomic mass is 10.1. The van der Waals surface area contributed by atoms with Crippen LogP contribution in [0.25, 0.3) is 0 Å². The highest BCUT2D eigenvalue weighted by Gasteiger charge is 2.20. The minimum absolute atomic E-state index is 0.0258. The monoisotopic (exact) mass is 280 g/mol. The van der Waals surface area contributed by atoms with Gasteiger partial charge in [0.05, 0.1) is 11.3 Å². The lowest BCUT2D eigenvalue weighted by Crippen LogP contribution is -2.09. The van der Waals surface area contributed by atoms with E-state index in [0.29, 0.717) is 0 Å². The van der Waals surface area contributed by atoms with Gasteiger partial charge in [-0.2, -0.15) is 0 Å². The molecular formula is C8H7BrF2N2O2. The summed E-state index contributed by atoms with van der Waals surface area (Å²) in [4.78, 5) is 14.1. The Hall–Kier alpha value is -1.24. The number of carbonyl (C=O) groups is 1. The van der Waals surface area contributed by atoms with Gasteiger partial charge in [-0.05, 0) is 6.07 Å². The molecule has 1 rings (SSSR count). The second-order valence-corrected chi connectivity index (χ2v) is 3.26. The molecule has 3 N–H and O–H groups in total. The average molecular weight is 281 g/mol. The summed E-state index contributed by atoms with van der Waals surface area (Å²) < 4.78 is 25.0. The number of nitrogens with two attached hydrogens (primary N) is 1. The smallest absolute Gasteiger partial charge is 0.354 e. The Labute approximate surface area is 92.2 Å². The number of rotatable bonds is 3. The van der Waals surface area contributed by atoms with E-state index in [1.165, 1.54) is 0 Å². The molecule has 1 heterocycles. The third-order valence-corrected chi connectivity index (χ3v) is 2.26. The van der Waals surface area contributed by atoms with E-state index < -0.39 is 18.0 Å².